The van der Waals surface area contributed by atoms with Gasteiger partial charge in [-0.15, -0.1) is 0 Å². The zero-order valence-corrected chi connectivity index (χ0v) is 13.5. The molecule has 110 valence electrons. The van der Waals surface area contributed by atoms with Crippen LogP contribution in [-0.4, -0.2) is 40.8 Å². The fourth-order valence-electron chi connectivity index (χ4n) is 2.18. The number of amides is 2. The highest BCUT2D eigenvalue weighted by Gasteiger charge is 2.35. The minimum Gasteiger partial charge on any atom is -0.353 e. The Hall–Kier alpha value is -0.850. The van der Waals surface area contributed by atoms with Crippen LogP contribution in [0.2, 0.25) is 8.80 Å². The smallest absolute Gasteiger partial charge is 0.275 e. The van der Waals surface area contributed by atoms with Crippen molar-refractivity contribution in [2.45, 2.75) is 26.3 Å². The number of nitrogens with one attached hydrogen (secondary N) is 1. The third kappa shape index (κ3) is 3.24. The fourth-order valence-corrected chi connectivity index (χ4v) is 3.47. The van der Waals surface area contributed by atoms with E-state index in [0.29, 0.717) is 25.4 Å². The van der Waals surface area contributed by atoms with Crippen molar-refractivity contribution in [3.8, 4) is 0 Å². The molecular weight excluding hydrogens is 321 g/mol. The summed E-state index contributed by atoms with van der Waals surface area (Å²) in [4.78, 5) is 30.0. The van der Waals surface area contributed by atoms with Gasteiger partial charge in [0.15, 0.2) is 10.2 Å². The van der Waals surface area contributed by atoms with E-state index in [1.165, 1.54) is 4.90 Å². The molecule has 1 aromatic heterocycles. The number of hydrogen-bond donors (Lipinski definition) is 1. The number of hydrogen-bond acceptors (Lipinski definition) is 4. The molecule has 2 rings (SSSR count). The van der Waals surface area contributed by atoms with Crippen molar-refractivity contribution < 1.29 is 9.59 Å². The van der Waals surface area contributed by atoms with E-state index < -0.39 is 6.04 Å². The van der Waals surface area contributed by atoms with Crippen molar-refractivity contribution >= 4 is 46.4 Å². The summed E-state index contributed by atoms with van der Waals surface area (Å²) < 4.78 is 0.481. The average Bonchev–Trinajstić information content (AvgIpc) is 2.70. The second-order valence-electron chi connectivity index (χ2n) is 5.02. The second-order valence-corrected chi connectivity index (χ2v) is 7.21. The normalized spacial score (nSPS) is 19.4. The molecule has 20 heavy (non-hydrogen) atoms. The van der Waals surface area contributed by atoms with E-state index in [-0.39, 0.29) is 26.3 Å². The second kappa shape index (κ2) is 6.28. The molecule has 1 aromatic rings. The van der Waals surface area contributed by atoms with Gasteiger partial charge in [0, 0.05) is 13.1 Å². The molecular formula is C12H15Cl2N3O2S. The summed E-state index contributed by atoms with van der Waals surface area (Å²) in [6.45, 7) is 4.91. The first-order valence-corrected chi connectivity index (χ1v) is 7.88. The van der Waals surface area contributed by atoms with E-state index >= 15 is 0 Å². The van der Waals surface area contributed by atoms with Gasteiger partial charge in [0.25, 0.3) is 5.91 Å². The SMILES string of the molecule is CC(C)C[C@H]1C(=O)NCCN1C(=O)c1nc(Cl)sc1Cl. The van der Waals surface area contributed by atoms with Crippen LogP contribution in [0.4, 0.5) is 0 Å². The van der Waals surface area contributed by atoms with Crippen LogP contribution < -0.4 is 5.32 Å². The van der Waals surface area contributed by atoms with Crippen LogP contribution in [0.1, 0.15) is 30.8 Å². The van der Waals surface area contributed by atoms with Crippen molar-refractivity contribution in [2.75, 3.05) is 13.1 Å². The zero-order valence-electron chi connectivity index (χ0n) is 11.2. The number of piperazine rings is 1. The molecule has 0 saturated carbocycles. The van der Waals surface area contributed by atoms with E-state index in [1.807, 2.05) is 13.8 Å². The number of nitrogens with zero attached hydrogens (tertiary/aromatic N) is 2. The first-order valence-electron chi connectivity index (χ1n) is 6.30. The lowest BCUT2D eigenvalue weighted by atomic mass is 10.00. The number of halogens is 2. The van der Waals surface area contributed by atoms with Crippen molar-refractivity contribution in [3.05, 3.63) is 14.5 Å². The predicted octanol–water partition coefficient (Wildman–Crippen LogP) is 2.44. The lowest BCUT2D eigenvalue weighted by Gasteiger charge is -2.35. The highest BCUT2D eigenvalue weighted by atomic mass is 35.5. The summed E-state index contributed by atoms with van der Waals surface area (Å²) in [7, 11) is 0. The standard InChI is InChI=1S/C12H15Cl2N3O2S/c1-6(2)5-7-10(18)15-3-4-17(7)11(19)8-9(13)20-12(14)16-8/h6-7H,3-5H2,1-2H3,(H,15,18)/t7-/m0/s1. The summed E-state index contributed by atoms with van der Waals surface area (Å²) in [6, 6.07) is -0.479. The van der Waals surface area contributed by atoms with Gasteiger partial charge in [-0.1, -0.05) is 48.4 Å². The number of thiazole rings is 1. The Morgan fingerprint density at radius 2 is 2.25 bits per heavy atom. The first kappa shape index (κ1) is 15.5. The first-order chi connectivity index (χ1) is 9.40. The summed E-state index contributed by atoms with van der Waals surface area (Å²) in [5.41, 5.74) is 0.130. The highest BCUT2D eigenvalue weighted by Crippen LogP contribution is 2.29. The minimum atomic E-state index is -0.479. The zero-order chi connectivity index (χ0) is 14.9. The number of rotatable bonds is 3. The van der Waals surface area contributed by atoms with Crippen molar-refractivity contribution in [1.82, 2.24) is 15.2 Å². The summed E-state index contributed by atoms with van der Waals surface area (Å²) >= 11 is 12.8. The molecule has 5 nitrogen and oxygen atoms in total. The average molecular weight is 336 g/mol. The molecule has 1 N–H and O–H groups in total. The van der Waals surface area contributed by atoms with Crippen LogP contribution in [0.3, 0.4) is 0 Å². The van der Waals surface area contributed by atoms with Crippen LogP contribution >= 0.6 is 34.5 Å². The maximum atomic E-state index is 12.5. The number of carbonyl (C=O) groups excluding carboxylic acids is 2. The maximum Gasteiger partial charge on any atom is 0.275 e. The Labute approximate surface area is 131 Å². The van der Waals surface area contributed by atoms with Gasteiger partial charge >= 0.3 is 0 Å². The van der Waals surface area contributed by atoms with Gasteiger partial charge in [-0.25, -0.2) is 4.98 Å². The van der Waals surface area contributed by atoms with Crippen LogP contribution in [0.25, 0.3) is 0 Å². The summed E-state index contributed by atoms with van der Waals surface area (Å²) in [5.74, 6) is -0.164. The molecule has 0 aromatic carbocycles. The molecule has 1 aliphatic rings. The molecule has 8 heteroatoms. The Morgan fingerprint density at radius 1 is 1.55 bits per heavy atom. The monoisotopic (exact) mass is 335 g/mol. The van der Waals surface area contributed by atoms with Crippen LogP contribution in [0.15, 0.2) is 0 Å². The van der Waals surface area contributed by atoms with Gasteiger partial charge in [0.1, 0.15) is 10.4 Å². The van der Waals surface area contributed by atoms with E-state index in [0.717, 1.165) is 11.3 Å². The van der Waals surface area contributed by atoms with E-state index in [1.54, 1.807) is 0 Å². The quantitative estimate of drug-likeness (QED) is 0.922. The molecule has 2 heterocycles. The summed E-state index contributed by atoms with van der Waals surface area (Å²) in [5, 5.41) is 2.78. The molecule has 1 atom stereocenters. The highest BCUT2D eigenvalue weighted by molar-refractivity contribution is 7.19. The molecule has 1 fully saturated rings. The molecule has 0 bridgehead atoms. The Bertz CT molecular complexity index is 533. The van der Waals surface area contributed by atoms with Gasteiger partial charge in [-0.3, -0.25) is 9.59 Å². The van der Waals surface area contributed by atoms with Gasteiger partial charge in [0.2, 0.25) is 5.91 Å². The molecule has 1 saturated heterocycles. The molecule has 0 radical (unpaired) electrons. The van der Waals surface area contributed by atoms with Gasteiger partial charge in [0.05, 0.1) is 0 Å². The van der Waals surface area contributed by atoms with E-state index in [4.69, 9.17) is 23.2 Å². The van der Waals surface area contributed by atoms with Gasteiger partial charge in [-0.05, 0) is 12.3 Å². The molecule has 0 unspecified atom stereocenters. The van der Waals surface area contributed by atoms with E-state index in [2.05, 4.69) is 10.3 Å². The summed E-state index contributed by atoms with van der Waals surface area (Å²) in [6.07, 6.45) is 0.604. The minimum absolute atomic E-state index is 0.129. The lowest BCUT2D eigenvalue weighted by molar-refractivity contribution is -0.128. The fraction of sp³-hybridized carbons (Fsp3) is 0.583. The lowest BCUT2D eigenvalue weighted by Crippen LogP contribution is -2.57. The Morgan fingerprint density at radius 3 is 2.80 bits per heavy atom. The molecule has 0 spiro atoms. The third-order valence-corrected chi connectivity index (χ3v) is 4.41. The van der Waals surface area contributed by atoms with Crippen molar-refractivity contribution in [1.29, 1.82) is 0 Å². The molecule has 2 amide bonds. The van der Waals surface area contributed by atoms with Gasteiger partial charge in [-0.2, -0.15) is 0 Å². The molecule has 0 aliphatic carbocycles. The van der Waals surface area contributed by atoms with Gasteiger partial charge < -0.3 is 10.2 Å². The number of carbonyl (C=O) groups is 2. The van der Waals surface area contributed by atoms with Crippen molar-refractivity contribution in [2.24, 2.45) is 5.92 Å². The largest absolute Gasteiger partial charge is 0.353 e. The predicted molar refractivity (Wildman–Crippen MR) is 79.4 cm³/mol. The number of aromatic nitrogens is 1. The van der Waals surface area contributed by atoms with Crippen LogP contribution in [0.5, 0.6) is 0 Å². The third-order valence-electron chi connectivity index (χ3n) is 3.05. The Kier molecular flexibility index (Phi) is 4.88. The van der Waals surface area contributed by atoms with Crippen LogP contribution in [0, 0.1) is 5.92 Å². The Balaban J connectivity index is 2.25. The van der Waals surface area contributed by atoms with Crippen LogP contribution in [-0.2, 0) is 4.79 Å². The van der Waals surface area contributed by atoms with Crippen molar-refractivity contribution in [3.63, 3.8) is 0 Å². The van der Waals surface area contributed by atoms with E-state index in [9.17, 15) is 9.59 Å². The maximum absolute atomic E-state index is 12.5. The molecule has 1 aliphatic heterocycles. The topological polar surface area (TPSA) is 62.3 Å².